The zero-order chi connectivity index (χ0) is 19.6. The lowest BCUT2D eigenvalue weighted by Gasteiger charge is -2.26. The minimum atomic E-state index is -0.343. The number of para-hydroxylation sites is 2. The summed E-state index contributed by atoms with van der Waals surface area (Å²) in [6, 6.07) is 12.7. The fourth-order valence-electron chi connectivity index (χ4n) is 3.08. The van der Waals surface area contributed by atoms with E-state index < -0.39 is 0 Å². The number of hydrogen-bond acceptors (Lipinski definition) is 6. The minimum Gasteiger partial charge on any atom is -0.486 e. The Labute approximate surface area is 165 Å². The van der Waals surface area contributed by atoms with Gasteiger partial charge in [0.15, 0.2) is 29.1 Å². The van der Waals surface area contributed by atoms with Gasteiger partial charge in [-0.25, -0.2) is 0 Å². The van der Waals surface area contributed by atoms with Gasteiger partial charge in [-0.2, -0.15) is 10.2 Å². The first-order chi connectivity index (χ1) is 14.2. The summed E-state index contributed by atoms with van der Waals surface area (Å²) in [5, 5.41) is 13.9. The van der Waals surface area contributed by atoms with Gasteiger partial charge >= 0.3 is 0 Å². The quantitative estimate of drug-likeness (QED) is 0.542. The van der Waals surface area contributed by atoms with E-state index in [0.29, 0.717) is 30.3 Å². The van der Waals surface area contributed by atoms with Gasteiger partial charge in [-0.15, -0.1) is 0 Å². The molecular formula is C20H17N5O4. The van der Waals surface area contributed by atoms with E-state index in [-0.39, 0.29) is 17.7 Å². The molecule has 0 fully saturated rings. The minimum absolute atomic E-state index is 0.171. The highest BCUT2D eigenvalue weighted by Gasteiger charge is 2.21. The first kappa shape index (κ1) is 17.1. The molecule has 0 saturated carbocycles. The Morgan fingerprint density at radius 3 is 3.00 bits per heavy atom. The number of aromatic amines is 1. The van der Waals surface area contributed by atoms with Gasteiger partial charge in [0, 0.05) is 12.3 Å². The predicted molar refractivity (Wildman–Crippen MR) is 103 cm³/mol. The molecule has 2 N–H and O–H groups in total. The number of aromatic nitrogens is 4. The van der Waals surface area contributed by atoms with Crippen molar-refractivity contribution in [3.63, 3.8) is 0 Å². The number of benzene rings is 1. The van der Waals surface area contributed by atoms with Gasteiger partial charge < -0.3 is 19.2 Å². The van der Waals surface area contributed by atoms with Crippen molar-refractivity contribution >= 4 is 11.6 Å². The number of nitrogens with one attached hydrogen (secondary N) is 2. The van der Waals surface area contributed by atoms with Crippen LogP contribution in [0, 0.1) is 0 Å². The largest absolute Gasteiger partial charge is 0.486 e. The molecule has 0 aliphatic carbocycles. The molecule has 3 aromatic heterocycles. The standard InChI is InChI=1S/C20H17N5O4/c26-20(16-8-15(23-24-16)17-6-3-7-27-17)22-13-9-21-25(10-13)11-14-12-28-18-4-1-2-5-19(18)29-14/h1-10,14H,11-12H2,(H,22,26)(H,23,24)/t14-/m0/s1. The highest BCUT2D eigenvalue weighted by Crippen LogP contribution is 2.31. The first-order valence-corrected chi connectivity index (χ1v) is 9.06. The van der Waals surface area contributed by atoms with Crippen LogP contribution in [0.2, 0.25) is 0 Å². The van der Waals surface area contributed by atoms with E-state index in [1.165, 1.54) is 0 Å². The number of carbonyl (C=O) groups is 1. The van der Waals surface area contributed by atoms with Crippen LogP contribution < -0.4 is 14.8 Å². The summed E-state index contributed by atoms with van der Waals surface area (Å²) in [4.78, 5) is 12.4. The maximum atomic E-state index is 12.4. The summed E-state index contributed by atoms with van der Waals surface area (Å²) in [6.07, 6.45) is 4.71. The lowest BCUT2D eigenvalue weighted by Crippen LogP contribution is -2.33. The van der Waals surface area contributed by atoms with E-state index in [2.05, 4.69) is 20.6 Å². The predicted octanol–water partition coefficient (Wildman–Crippen LogP) is 2.96. The lowest BCUT2D eigenvalue weighted by atomic mass is 10.2. The van der Waals surface area contributed by atoms with E-state index in [9.17, 15) is 4.79 Å². The molecule has 1 aliphatic heterocycles. The third-order valence-electron chi connectivity index (χ3n) is 4.45. The van der Waals surface area contributed by atoms with Gasteiger partial charge in [-0.3, -0.25) is 14.6 Å². The van der Waals surface area contributed by atoms with Crippen molar-refractivity contribution in [1.82, 2.24) is 20.0 Å². The van der Waals surface area contributed by atoms with Crippen LogP contribution in [0.15, 0.2) is 65.5 Å². The van der Waals surface area contributed by atoms with Crippen LogP contribution in [0.5, 0.6) is 11.5 Å². The lowest BCUT2D eigenvalue weighted by molar-refractivity contribution is 0.0759. The molecule has 1 aromatic carbocycles. The van der Waals surface area contributed by atoms with E-state index in [1.807, 2.05) is 24.3 Å². The number of anilines is 1. The van der Waals surface area contributed by atoms with Crippen molar-refractivity contribution in [2.24, 2.45) is 0 Å². The normalized spacial score (nSPS) is 15.2. The first-order valence-electron chi connectivity index (χ1n) is 9.06. The Balaban J connectivity index is 1.21. The summed E-state index contributed by atoms with van der Waals surface area (Å²) in [5.41, 5.74) is 1.45. The molecule has 9 heteroatoms. The van der Waals surface area contributed by atoms with Gasteiger partial charge in [0.2, 0.25) is 0 Å². The van der Waals surface area contributed by atoms with E-state index in [0.717, 1.165) is 11.5 Å². The Morgan fingerprint density at radius 2 is 2.14 bits per heavy atom. The van der Waals surface area contributed by atoms with Crippen LogP contribution in [0.4, 0.5) is 5.69 Å². The highest BCUT2D eigenvalue weighted by molar-refractivity contribution is 6.03. The van der Waals surface area contributed by atoms with E-state index >= 15 is 0 Å². The average molecular weight is 391 g/mol. The zero-order valence-corrected chi connectivity index (χ0v) is 15.2. The van der Waals surface area contributed by atoms with Crippen LogP contribution in [-0.4, -0.2) is 38.6 Å². The number of furan rings is 1. The van der Waals surface area contributed by atoms with Crippen molar-refractivity contribution < 1.29 is 18.7 Å². The number of fused-ring (bicyclic) bond motifs is 1. The number of hydrogen-bond donors (Lipinski definition) is 2. The third kappa shape index (κ3) is 3.57. The fraction of sp³-hybridized carbons (Fsp3) is 0.150. The van der Waals surface area contributed by atoms with E-state index in [4.69, 9.17) is 13.9 Å². The van der Waals surface area contributed by atoms with Gasteiger partial charge in [-0.1, -0.05) is 12.1 Å². The number of carbonyl (C=O) groups excluding carboxylic acids is 1. The molecule has 5 rings (SSSR count). The average Bonchev–Trinajstić information content (AvgIpc) is 3.49. The maximum absolute atomic E-state index is 12.4. The van der Waals surface area contributed by atoms with Gasteiger partial charge in [-0.05, 0) is 24.3 Å². The molecular weight excluding hydrogens is 374 g/mol. The van der Waals surface area contributed by atoms with Gasteiger partial charge in [0.05, 0.1) is 24.7 Å². The Kier molecular flexibility index (Phi) is 4.24. The molecule has 0 radical (unpaired) electrons. The molecule has 1 aliphatic rings. The summed E-state index contributed by atoms with van der Waals surface area (Å²) in [5.74, 6) is 1.73. The smallest absolute Gasteiger partial charge is 0.276 e. The van der Waals surface area contributed by atoms with Crippen LogP contribution >= 0.6 is 0 Å². The molecule has 9 nitrogen and oxygen atoms in total. The van der Waals surface area contributed by atoms with E-state index in [1.54, 1.807) is 41.5 Å². The SMILES string of the molecule is O=C(Nc1cnn(C[C@H]2COc3ccccc3O2)c1)c1cc(-c2ccco2)[nH]n1. The molecule has 146 valence electrons. The van der Waals surface area contributed by atoms with Crippen molar-refractivity contribution in [2.45, 2.75) is 12.6 Å². The Hall–Kier alpha value is -4.01. The molecule has 4 aromatic rings. The number of nitrogens with zero attached hydrogens (tertiary/aromatic N) is 3. The second-order valence-corrected chi connectivity index (χ2v) is 6.55. The second kappa shape index (κ2) is 7.19. The molecule has 0 spiro atoms. The van der Waals surface area contributed by atoms with Gasteiger partial charge in [0.25, 0.3) is 5.91 Å². The molecule has 0 bridgehead atoms. The molecule has 29 heavy (non-hydrogen) atoms. The van der Waals surface area contributed by atoms with Crippen LogP contribution in [0.25, 0.3) is 11.5 Å². The zero-order valence-electron chi connectivity index (χ0n) is 15.2. The maximum Gasteiger partial charge on any atom is 0.276 e. The summed E-state index contributed by atoms with van der Waals surface area (Å²) in [6.45, 7) is 0.927. The summed E-state index contributed by atoms with van der Waals surface area (Å²) in [7, 11) is 0. The third-order valence-corrected chi connectivity index (χ3v) is 4.45. The number of ether oxygens (including phenoxy) is 2. The van der Waals surface area contributed by atoms with Crippen LogP contribution in [-0.2, 0) is 6.54 Å². The molecule has 0 saturated heterocycles. The van der Waals surface area contributed by atoms with Crippen molar-refractivity contribution in [3.05, 3.63) is 66.8 Å². The van der Waals surface area contributed by atoms with Gasteiger partial charge in [0.1, 0.15) is 12.3 Å². The Bertz CT molecular complexity index is 1130. The number of amides is 1. The molecule has 1 atom stereocenters. The van der Waals surface area contributed by atoms with Crippen LogP contribution in [0.3, 0.4) is 0 Å². The topological polar surface area (TPSA) is 107 Å². The number of H-pyrrole nitrogens is 1. The molecule has 4 heterocycles. The second-order valence-electron chi connectivity index (χ2n) is 6.55. The van der Waals surface area contributed by atoms with Crippen LogP contribution in [0.1, 0.15) is 10.5 Å². The monoisotopic (exact) mass is 391 g/mol. The molecule has 0 unspecified atom stereocenters. The van der Waals surface area contributed by atoms with Crippen molar-refractivity contribution in [3.8, 4) is 23.0 Å². The van der Waals surface area contributed by atoms with Crippen molar-refractivity contribution in [2.75, 3.05) is 11.9 Å². The van der Waals surface area contributed by atoms with Crippen molar-refractivity contribution in [1.29, 1.82) is 0 Å². The highest BCUT2D eigenvalue weighted by atomic mass is 16.6. The summed E-state index contributed by atoms with van der Waals surface area (Å²) < 4.78 is 18.6. The molecule has 1 amide bonds. The fourth-order valence-corrected chi connectivity index (χ4v) is 3.08. The summed E-state index contributed by atoms with van der Waals surface area (Å²) >= 11 is 0. The number of rotatable bonds is 5. The Morgan fingerprint density at radius 1 is 1.24 bits per heavy atom.